The molecule has 1 aliphatic rings. The van der Waals surface area contributed by atoms with Gasteiger partial charge in [0.25, 0.3) is 5.91 Å². The van der Waals surface area contributed by atoms with Crippen LogP contribution in [0.3, 0.4) is 0 Å². The van der Waals surface area contributed by atoms with Crippen molar-refractivity contribution in [1.82, 2.24) is 4.90 Å². The summed E-state index contributed by atoms with van der Waals surface area (Å²) in [6.07, 6.45) is 0.867. The number of benzene rings is 4. The van der Waals surface area contributed by atoms with Gasteiger partial charge < -0.3 is 14.5 Å². The number of carbonyl (C=O) groups excluding carboxylic acids is 1. The summed E-state index contributed by atoms with van der Waals surface area (Å²) in [5.74, 6) is 0.982. The van der Waals surface area contributed by atoms with Gasteiger partial charge in [0.15, 0.2) is 5.76 Å². The average Bonchev–Trinajstić information content (AvgIpc) is 3.47. The largest absolute Gasteiger partial charge is 0.486 e. The lowest BCUT2D eigenvalue weighted by Gasteiger charge is -2.38. The minimum Gasteiger partial charge on any atom is -0.486 e. The number of fused-ring (bicyclic) bond motifs is 1. The van der Waals surface area contributed by atoms with Gasteiger partial charge in [-0.3, -0.25) is 9.69 Å². The Kier molecular flexibility index (Phi) is 7.42. The number of nitrogens with one attached hydrogen (secondary N) is 1. The zero-order valence-electron chi connectivity index (χ0n) is 21.9. The molecule has 4 aromatic carbocycles. The van der Waals surface area contributed by atoms with Gasteiger partial charge >= 0.3 is 0 Å². The van der Waals surface area contributed by atoms with Crippen molar-refractivity contribution in [2.24, 2.45) is 0 Å². The van der Waals surface area contributed by atoms with Crippen molar-refractivity contribution in [3.63, 3.8) is 0 Å². The first-order chi connectivity index (χ1) is 19.6. The van der Waals surface area contributed by atoms with Crippen LogP contribution in [-0.2, 0) is 19.6 Å². The van der Waals surface area contributed by atoms with Gasteiger partial charge in [0.05, 0.1) is 6.04 Å². The van der Waals surface area contributed by atoms with Crippen LogP contribution in [0.25, 0.3) is 0 Å². The number of furan rings is 1. The standard InChI is InChI=1S/C34H29FN2O3/c35-31-14-8-7-11-26(31)22-37-20-19-24-15-16-28(21-30(24)33(37)25-9-3-1-4-10-25)39-23-29-17-18-32(40-29)34(38)36-27-12-5-2-6-13-27/h1-18,21,33H,19-20,22-23H2,(H,36,38). The number of anilines is 1. The molecule has 0 spiro atoms. The average molecular weight is 533 g/mol. The third-order valence-electron chi connectivity index (χ3n) is 7.19. The molecule has 0 radical (unpaired) electrons. The molecule has 6 rings (SSSR count). The number of halogens is 1. The molecule has 0 fully saturated rings. The summed E-state index contributed by atoms with van der Waals surface area (Å²) in [6, 6.07) is 36.1. The number of para-hydroxylation sites is 1. The van der Waals surface area contributed by atoms with E-state index in [0.717, 1.165) is 24.1 Å². The van der Waals surface area contributed by atoms with Gasteiger partial charge in [-0.2, -0.15) is 0 Å². The lowest BCUT2D eigenvalue weighted by atomic mass is 9.87. The molecule has 5 aromatic rings. The molecule has 1 N–H and O–H groups in total. The second kappa shape index (κ2) is 11.6. The van der Waals surface area contributed by atoms with Crippen LogP contribution in [0.15, 0.2) is 120 Å². The second-order valence-corrected chi connectivity index (χ2v) is 9.86. The van der Waals surface area contributed by atoms with Crippen molar-refractivity contribution in [1.29, 1.82) is 0 Å². The number of carbonyl (C=O) groups is 1. The summed E-state index contributed by atoms with van der Waals surface area (Å²) in [6.45, 7) is 1.52. The predicted octanol–water partition coefficient (Wildman–Crippen LogP) is 7.40. The molecular formula is C34H29FN2O3. The summed E-state index contributed by atoms with van der Waals surface area (Å²) in [7, 11) is 0. The Morgan fingerprint density at radius 3 is 2.45 bits per heavy atom. The van der Waals surface area contributed by atoms with Gasteiger partial charge in [0.2, 0.25) is 0 Å². The van der Waals surface area contributed by atoms with Gasteiger partial charge in [0.1, 0.15) is 23.9 Å². The molecule has 6 heteroatoms. The topological polar surface area (TPSA) is 54.7 Å². The maximum Gasteiger partial charge on any atom is 0.291 e. The monoisotopic (exact) mass is 532 g/mol. The van der Waals surface area contributed by atoms with Crippen LogP contribution in [0.4, 0.5) is 10.1 Å². The Hall–Kier alpha value is -4.68. The lowest BCUT2D eigenvalue weighted by Crippen LogP contribution is -2.36. The molecule has 0 aliphatic carbocycles. The highest BCUT2D eigenvalue weighted by atomic mass is 19.1. The van der Waals surface area contributed by atoms with Crippen LogP contribution in [0, 0.1) is 5.82 Å². The molecule has 1 aliphatic heterocycles. The van der Waals surface area contributed by atoms with Crippen molar-refractivity contribution in [2.45, 2.75) is 25.6 Å². The zero-order valence-corrected chi connectivity index (χ0v) is 21.9. The first-order valence-electron chi connectivity index (χ1n) is 13.4. The van der Waals surface area contributed by atoms with Crippen LogP contribution in [0.1, 0.15) is 44.6 Å². The molecule has 1 amide bonds. The van der Waals surface area contributed by atoms with E-state index in [1.807, 2.05) is 66.7 Å². The van der Waals surface area contributed by atoms with Crippen molar-refractivity contribution in [3.8, 4) is 5.75 Å². The molecule has 0 saturated carbocycles. The molecule has 40 heavy (non-hydrogen) atoms. The number of nitrogens with zero attached hydrogens (tertiary/aromatic N) is 1. The predicted molar refractivity (Wildman–Crippen MR) is 153 cm³/mol. The summed E-state index contributed by atoms with van der Waals surface area (Å²) >= 11 is 0. The minimum absolute atomic E-state index is 0.0370. The first-order valence-corrected chi connectivity index (χ1v) is 13.4. The van der Waals surface area contributed by atoms with E-state index in [4.69, 9.17) is 9.15 Å². The maximum atomic E-state index is 14.6. The number of hydrogen-bond donors (Lipinski definition) is 1. The molecule has 0 bridgehead atoms. The molecule has 2 heterocycles. The number of amides is 1. The van der Waals surface area contributed by atoms with E-state index < -0.39 is 0 Å². The summed E-state index contributed by atoms with van der Waals surface area (Å²) in [5.41, 5.74) is 4.94. The Balaban J connectivity index is 1.20. The number of ether oxygens (including phenoxy) is 1. The first kappa shape index (κ1) is 25.6. The summed E-state index contributed by atoms with van der Waals surface area (Å²) < 4.78 is 26.5. The third-order valence-corrected chi connectivity index (χ3v) is 7.19. The maximum absolute atomic E-state index is 14.6. The Morgan fingerprint density at radius 2 is 1.65 bits per heavy atom. The highest BCUT2D eigenvalue weighted by Gasteiger charge is 2.29. The Labute approximate surface area is 232 Å². The molecule has 1 aromatic heterocycles. The molecule has 1 unspecified atom stereocenters. The third kappa shape index (κ3) is 5.67. The van der Waals surface area contributed by atoms with Crippen LogP contribution < -0.4 is 10.1 Å². The highest BCUT2D eigenvalue weighted by Crippen LogP contribution is 2.38. The van der Waals surface area contributed by atoms with Gasteiger partial charge in [-0.1, -0.05) is 72.8 Å². The van der Waals surface area contributed by atoms with E-state index in [1.54, 1.807) is 18.2 Å². The van der Waals surface area contributed by atoms with Crippen LogP contribution in [-0.4, -0.2) is 17.4 Å². The van der Waals surface area contributed by atoms with Crippen LogP contribution >= 0.6 is 0 Å². The van der Waals surface area contributed by atoms with E-state index in [0.29, 0.717) is 29.3 Å². The smallest absolute Gasteiger partial charge is 0.291 e. The van der Waals surface area contributed by atoms with Crippen LogP contribution in [0.5, 0.6) is 5.75 Å². The second-order valence-electron chi connectivity index (χ2n) is 9.86. The molecule has 5 nitrogen and oxygen atoms in total. The fourth-order valence-corrected chi connectivity index (χ4v) is 5.22. The van der Waals surface area contributed by atoms with E-state index in [9.17, 15) is 9.18 Å². The van der Waals surface area contributed by atoms with Gasteiger partial charge in [-0.15, -0.1) is 0 Å². The summed E-state index contributed by atoms with van der Waals surface area (Å²) in [4.78, 5) is 14.9. The fraction of sp³-hybridized carbons (Fsp3) is 0.147. The quantitative estimate of drug-likeness (QED) is 0.226. The number of hydrogen-bond acceptors (Lipinski definition) is 4. The Bertz CT molecular complexity index is 1600. The van der Waals surface area contributed by atoms with Crippen LogP contribution in [0.2, 0.25) is 0 Å². The normalized spacial score (nSPS) is 14.9. The highest BCUT2D eigenvalue weighted by molar-refractivity contribution is 6.02. The Morgan fingerprint density at radius 1 is 0.900 bits per heavy atom. The van der Waals surface area contributed by atoms with E-state index >= 15 is 0 Å². The van der Waals surface area contributed by atoms with Gasteiger partial charge in [-0.25, -0.2) is 4.39 Å². The molecular weight excluding hydrogens is 503 g/mol. The molecule has 1 atom stereocenters. The van der Waals surface area contributed by atoms with Crippen molar-refractivity contribution in [3.05, 3.63) is 155 Å². The van der Waals surface area contributed by atoms with Crippen molar-refractivity contribution in [2.75, 3.05) is 11.9 Å². The van der Waals surface area contributed by atoms with E-state index in [-0.39, 0.29) is 30.1 Å². The van der Waals surface area contributed by atoms with Crippen molar-refractivity contribution < 1.29 is 18.3 Å². The number of rotatable bonds is 8. The van der Waals surface area contributed by atoms with Gasteiger partial charge in [-0.05, 0) is 65.6 Å². The van der Waals surface area contributed by atoms with Gasteiger partial charge in [0, 0.05) is 24.3 Å². The minimum atomic E-state index is -0.313. The van der Waals surface area contributed by atoms with Crippen molar-refractivity contribution >= 4 is 11.6 Å². The van der Waals surface area contributed by atoms with E-state index in [2.05, 4.69) is 34.5 Å². The molecule has 200 valence electrons. The zero-order chi connectivity index (χ0) is 27.3. The SMILES string of the molecule is O=C(Nc1ccccc1)c1ccc(COc2ccc3c(c2)C(c2ccccc2)N(Cc2ccccc2F)CC3)o1. The fourth-order valence-electron chi connectivity index (χ4n) is 5.22. The van der Waals surface area contributed by atoms with E-state index in [1.165, 1.54) is 11.6 Å². The molecule has 0 saturated heterocycles. The lowest BCUT2D eigenvalue weighted by molar-refractivity contribution is 0.0992. The summed E-state index contributed by atoms with van der Waals surface area (Å²) in [5, 5.41) is 2.82.